The summed E-state index contributed by atoms with van der Waals surface area (Å²) in [7, 11) is 0. The normalized spacial score (nSPS) is 40.1. The lowest BCUT2D eigenvalue weighted by Gasteiger charge is -2.40. The van der Waals surface area contributed by atoms with E-state index in [1.165, 1.54) is 6.42 Å². The van der Waals surface area contributed by atoms with Gasteiger partial charge in [0.1, 0.15) is 0 Å². The molecule has 2 aliphatic heterocycles. The van der Waals surface area contributed by atoms with Gasteiger partial charge in [-0.2, -0.15) is 0 Å². The minimum atomic E-state index is -0.122. The highest BCUT2D eigenvalue weighted by Gasteiger charge is 2.38. The molecule has 2 saturated heterocycles. The number of carbonyl (C=O) groups excluding carboxylic acids is 1. The van der Waals surface area contributed by atoms with Gasteiger partial charge in [0.15, 0.2) is 0 Å². The molecule has 2 fully saturated rings. The van der Waals surface area contributed by atoms with Crippen molar-refractivity contribution in [3.8, 4) is 0 Å². The van der Waals surface area contributed by atoms with Crippen molar-refractivity contribution in [3.05, 3.63) is 0 Å². The molecule has 0 bridgehead atoms. The van der Waals surface area contributed by atoms with E-state index in [4.69, 9.17) is 10.5 Å². The van der Waals surface area contributed by atoms with E-state index in [1.807, 2.05) is 4.90 Å². The number of likely N-dealkylation sites (tertiary alicyclic amines) is 1. The molecule has 0 spiro atoms. The minimum absolute atomic E-state index is 0.117. The van der Waals surface area contributed by atoms with E-state index in [0.717, 1.165) is 12.8 Å². The molecule has 2 aliphatic rings. The molecule has 0 aromatic heterocycles. The first kappa shape index (κ1) is 11.9. The number of nitrogens with zero attached hydrogens (tertiary/aromatic N) is 1. The van der Waals surface area contributed by atoms with Gasteiger partial charge in [0.2, 0.25) is 5.91 Å². The summed E-state index contributed by atoms with van der Waals surface area (Å²) in [6, 6.07) is 0.585. The fourth-order valence-corrected chi connectivity index (χ4v) is 2.87. The van der Waals surface area contributed by atoms with Gasteiger partial charge in [0, 0.05) is 18.1 Å². The van der Waals surface area contributed by atoms with Crippen molar-refractivity contribution in [1.29, 1.82) is 0 Å². The Bertz CT molecular complexity index is 260. The predicted octanol–water partition coefficient (Wildman–Crippen LogP) is 0.750. The Morgan fingerprint density at radius 2 is 1.88 bits per heavy atom. The molecule has 2 rings (SSSR count). The van der Waals surface area contributed by atoms with Gasteiger partial charge in [0.25, 0.3) is 0 Å². The van der Waals surface area contributed by atoms with Crippen LogP contribution in [-0.4, -0.2) is 42.1 Å². The number of amides is 1. The third kappa shape index (κ3) is 2.09. The molecule has 4 nitrogen and oxygen atoms in total. The molecule has 0 saturated carbocycles. The largest absolute Gasteiger partial charge is 0.379 e. The Kier molecular flexibility index (Phi) is 3.50. The van der Waals surface area contributed by atoms with Gasteiger partial charge in [-0.05, 0) is 33.1 Å². The Labute approximate surface area is 97.1 Å². The van der Waals surface area contributed by atoms with Crippen LogP contribution < -0.4 is 5.73 Å². The second-order valence-corrected chi connectivity index (χ2v) is 5.18. The van der Waals surface area contributed by atoms with Gasteiger partial charge in [-0.15, -0.1) is 0 Å². The van der Waals surface area contributed by atoms with Gasteiger partial charge in [-0.3, -0.25) is 4.79 Å². The lowest BCUT2D eigenvalue weighted by molar-refractivity contribution is -0.142. The Balaban J connectivity index is 2.07. The monoisotopic (exact) mass is 226 g/mol. The zero-order valence-electron chi connectivity index (χ0n) is 10.2. The Morgan fingerprint density at radius 3 is 2.38 bits per heavy atom. The van der Waals surface area contributed by atoms with Crippen LogP contribution in [-0.2, 0) is 9.53 Å². The van der Waals surface area contributed by atoms with Crippen LogP contribution in [0.2, 0.25) is 0 Å². The summed E-state index contributed by atoms with van der Waals surface area (Å²) in [5, 5.41) is 0. The number of rotatable bonds is 1. The SMILES string of the molecule is C[C@@H]1CCC[C@H](C)N1C(=O)C1COCC1N. The second kappa shape index (κ2) is 4.72. The first-order valence-electron chi connectivity index (χ1n) is 6.26. The van der Waals surface area contributed by atoms with E-state index in [1.54, 1.807) is 0 Å². The quantitative estimate of drug-likeness (QED) is 0.718. The van der Waals surface area contributed by atoms with Crippen molar-refractivity contribution in [2.24, 2.45) is 11.7 Å². The second-order valence-electron chi connectivity index (χ2n) is 5.18. The molecule has 16 heavy (non-hydrogen) atoms. The fourth-order valence-electron chi connectivity index (χ4n) is 2.87. The summed E-state index contributed by atoms with van der Waals surface area (Å²) in [4.78, 5) is 14.4. The zero-order chi connectivity index (χ0) is 11.7. The van der Waals surface area contributed by atoms with Crippen LogP contribution in [0, 0.1) is 5.92 Å². The van der Waals surface area contributed by atoms with Crippen LogP contribution >= 0.6 is 0 Å². The van der Waals surface area contributed by atoms with Gasteiger partial charge >= 0.3 is 0 Å². The molecule has 2 unspecified atom stereocenters. The van der Waals surface area contributed by atoms with E-state index in [0.29, 0.717) is 25.3 Å². The van der Waals surface area contributed by atoms with Gasteiger partial charge in [-0.1, -0.05) is 0 Å². The zero-order valence-corrected chi connectivity index (χ0v) is 10.2. The van der Waals surface area contributed by atoms with E-state index in [9.17, 15) is 4.79 Å². The van der Waals surface area contributed by atoms with Crippen molar-refractivity contribution in [2.45, 2.75) is 51.2 Å². The van der Waals surface area contributed by atoms with Crippen LogP contribution in [0.5, 0.6) is 0 Å². The molecule has 0 aromatic carbocycles. The van der Waals surface area contributed by atoms with Crippen molar-refractivity contribution in [2.75, 3.05) is 13.2 Å². The van der Waals surface area contributed by atoms with Gasteiger partial charge in [0.05, 0.1) is 19.1 Å². The lowest BCUT2D eigenvalue weighted by atomic mass is 9.93. The van der Waals surface area contributed by atoms with Crippen molar-refractivity contribution in [1.82, 2.24) is 4.90 Å². The Morgan fingerprint density at radius 1 is 1.25 bits per heavy atom. The molecule has 0 aliphatic carbocycles. The average Bonchev–Trinajstić information content (AvgIpc) is 2.64. The summed E-state index contributed by atoms with van der Waals surface area (Å²) in [5.41, 5.74) is 5.90. The molecule has 2 N–H and O–H groups in total. The van der Waals surface area contributed by atoms with Gasteiger partial charge < -0.3 is 15.4 Å². The summed E-state index contributed by atoms with van der Waals surface area (Å²) in [6.07, 6.45) is 3.44. The number of nitrogens with two attached hydrogens (primary N) is 1. The molecule has 0 aromatic rings. The van der Waals surface area contributed by atoms with E-state index < -0.39 is 0 Å². The first-order chi connectivity index (χ1) is 7.61. The highest BCUT2D eigenvalue weighted by molar-refractivity contribution is 5.80. The Hall–Kier alpha value is -0.610. The maximum absolute atomic E-state index is 12.4. The molecule has 92 valence electrons. The van der Waals surface area contributed by atoms with E-state index in [2.05, 4.69) is 13.8 Å². The topological polar surface area (TPSA) is 55.6 Å². The van der Waals surface area contributed by atoms with Crippen molar-refractivity contribution >= 4 is 5.91 Å². The van der Waals surface area contributed by atoms with Crippen molar-refractivity contribution < 1.29 is 9.53 Å². The lowest BCUT2D eigenvalue weighted by Crippen LogP contribution is -2.52. The first-order valence-corrected chi connectivity index (χ1v) is 6.26. The highest BCUT2D eigenvalue weighted by atomic mass is 16.5. The van der Waals surface area contributed by atoms with E-state index >= 15 is 0 Å². The number of hydrogen-bond acceptors (Lipinski definition) is 3. The van der Waals surface area contributed by atoms with Crippen LogP contribution in [0.25, 0.3) is 0 Å². The summed E-state index contributed by atoms with van der Waals surface area (Å²) < 4.78 is 5.28. The maximum atomic E-state index is 12.4. The molecule has 4 atom stereocenters. The molecule has 4 heteroatoms. The maximum Gasteiger partial charge on any atom is 0.230 e. The number of carbonyl (C=O) groups is 1. The summed E-state index contributed by atoms with van der Waals surface area (Å²) >= 11 is 0. The third-order valence-corrected chi connectivity index (χ3v) is 3.89. The van der Waals surface area contributed by atoms with Crippen molar-refractivity contribution in [3.63, 3.8) is 0 Å². The standard InChI is InChI=1S/C12H22N2O2/c1-8-4-3-5-9(2)14(8)12(15)10-6-16-7-11(10)13/h8-11H,3-7,13H2,1-2H3/t8-,9+,10?,11?. The van der Waals surface area contributed by atoms with Crippen LogP contribution in [0.15, 0.2) is 0 Å². The smallest absolute Gasteiger partial charge is 0.230 e. The highest BCUT2D eigenvalue weighted by Crippen LogP contribution is 2.26. The molecular weight excluding hydrogens is 204 g/mol. The molecule has 1 amide bonds. The number of piperidine rings is 1. The predicted molar refractivity (Wildman–Crippen MR) is 61.9 cm³/mol. The molecule has 0 radical (unpaired) electrons. The molecule has 2 heterocycles. The molecular formula is C12H22N2O2. The summed E-state index contributed by atoms with van der Waals surface area (Å²) in [6.45, 7) is 5.28. The number of ether oxygens (including phenoxy) is 1. The third-order valence-electron chi connectivity index (χ3n) is 3.89. The van der Waals surface area contributed by atoms with Gasteiger partial charge in [-0.25, -0.2) is 0 Å². The fraction of sp³-hybridized carbons (Fsp3) is 0.917. The number of hydrogen-bond donors (Lipinski definition) is 1. The van der Waals surface area contributed by atoms with Crippen LogP contribution in [0.4, 0.5) is 0 Å². The van der Waals surface area contributed by atoms with Crippen LogP contribution in [0.3, 0.4) is 0 Å². The average molecular weight is 226 g/mol. The minimum Gasteiger partial charge on any atom is -0.379 e. The van der Waals surface area contributed by atoms with E-state index in [-0.39, 0.29) is 17.9 Å². The summed E-state index contributed by atoms with van der Waals surface area (Å²) in [5.74, 6) is 0.0766. The van der Waals surface area contributed by atoms with Crippen LogP contribution in [0.1, 0.15) is 33.1 Å².